The average molecular weight is 448 g/mol. The Morgan fingerprint density at radius 2 is 1.91 bits per heavy atom. The van der Waals surface area contributed by atoms with Crippen molar-refractivity contribution in [3.8, 4) is 0 Å². The van der Waals surface area contributed by atoms with Crippen LogP contribution in [0.3, 0.4) is 0 Å². The maximum atomic E-state index is 8.54. The van der Waals surface area contributed by atoms with Gasteiger partial charge < -0.3 is 25.3 Å². The lowest BCUT2D eigenvalue weighted by atomic mass is 10.2. The van der Waals surface area contributed by atoms with Gasteiger partial charge in [-0.15, -0.1) is 0 Å². The minimum absolute atomic E-state index is 0.194. The minimum atomic E-state index is 0.194. The van der Waals surface area contributed by atoms with Crippen molar-refractivity contribution in [1.82, 2.24) is 14.9 Å². The molecule has 0 radical (unpaired) electrons. The second-order valence-electron chi connectivity index (χ2n) is 7.26. The molecule has 1 aliphatic heterocycles. The van der Waals surface area contributed by atoms with E-state index in [2.05, 4.69) is 30.5 Å². The van der Waals surface area contributed by atoms with Gasteiger partial charge >= 0.3 is 0 Å². The number of aryl methyl sites for hydroxylation is 1. The van der Waals surface area contributed by atoms with Gasteiger partial charge in [0, 0.05) is 36.7 Å². The molecule has 0 spiro atoms. The Balaban J connectivity index is 1.45. The van der Waals surface area contributed by atoms with Crippen LogP contribution in [0.5, 0.6) is 0 Å². The Morgan fingerprint density at radius 3 is 2.59 bits per heavy atom. The first-order chi connectivity index (χ1) is 15.6. The highest BCUT2D eigenvalue weighted by atomic mass is 32.1. The predicted octanol–water partition coefficient (Wildman–Crippen LogP) is 3.63. The van der Waals surface area contributed by atoms with Gasteiger partial charge in [0.2, 0.25) is 0 Å². The first kappa shape index (κ1) is 21.7. The maximum absolute atomic E-state index is 8.54. The molecule has 4 N–H and O–H groups in total. The molecule has 3 aromatic rings. The third-order valence-corrected chi connectivity index (χ3v) is 5.24. The van der Waals surface area contributed by atoms with E-state index in [0.29, 0.717) is 18.3 Å². The second kappa shape index (κ2) is 10.2. The van der Waals surface area contributed by atoms with Crippen LogP contribution in [0, 0.1) is 12.3 Å². The molecule has 1 saturated heterocycles. The van der Waals surface area contributed by atoms with Crippen molar-refractivity contribution in [3.05, 3.63) is 77.9 Å². The van der Waals surface area contributed by atoms with Gasteiger partial charge in [-0.3, -0.25) is 10.4 Å². The SMILES string of the molecule is Cc1ncccc1NC(=S)Nc1ccc(C(=N)/N=C(\c2ccc[nH]2)N2CCOCC2)cc1. The Labute approximate surface area is 192 Å². The Kier molecular flexibility index (Phi) is 6.88. The second-order valence-corrected chi connectivity index (χ2v) is 7.67. The smallest absolute Gasteiger partial charge is 0.175 e. The largest absolute Gasteiger partial charge is 0.378 e. The number of pyridine rings is 1. The van der Waals surface area contributed by atoms with Crippen molar-refractivity contribution < 1.29 is 4.74 Å². The molecular formula is C23H25N7OS. The summed E-state index contributed by atoms with van der Waals surface area (Å²) in [5.74, 6) is 0.946. The third kappa shape index (κ3) is 5.37. The van der Waals surface area contributed by atoms with Gasteiger partial charge in [-0.1, -0.05) is 0 Å². The number of H-pyrrole nitrogens is 1. The van der Waals surface area contributed by atoms with Crippen molar-refractivity contribution in [3.63, 3.8) is 0 Å². The standard InChI is InChI=1S/C23H25N7OS/c1-16-19(4-2-10-25-16)28-23(32)27-18-8-6-17(7-9-18)21(24)29-22(20-5-3-11-26-20)30-12-14-31-15-13-30/h2-11,24,26H,12-15H2,1H3,(H2,27,28,32)/b24-21?,29-22+. The summed E-state index contributed by atoms with van der Waals surface area (Å²) in [5, 5.41) is 15.3. The Bertz CT molecular complexity index is 1100. The highest BCUT2D eigenvalue weighted by Crippen LogP contribution is 2.15. The van der Waals surface area contributed by atoms with E-state index in [1.54, 1.807) is 6.20 Å². The van der Waals surface area contributed by atoms with Crippen molar-refractivity contribution in [2.75, 3.05) is 36.9 Å². The molecule has 164 valence electrons. The quantitative estimate of drug-likeness (QED) is 0.277. The van der Waals surface area contributed by atoms with E-state index in [4.69, 9.17) is 22.4 Å². The number of anilines is 2. The highest BCUT2D eigenvalue weighted by Gasteiger charge is 2.18. The number of aromatic amines is 1. The van der Waals surface area contributed by atoms with E-state index in [1.165, 1.54) is 0 Å². The molecule has 9 heteroatoms. The van der Waals surface area contributed by atoms with E-state index in [0.717, 1.165) is 47.3 Å². The van der Waals surface area contributed by atoms with Crippen molar-refractivity contribution in [2.45, 2.75) is 6.92 Å². The summed E-state index contributed by atoms with van der Waals surface area (Å²) in [6, 6.07) is 15.2. The lowest BCUT2D eigenvalue weighted by Gasteiger charge is -2.29. The number of morpholine rings is 1. The molecule has 0 unspecified atom stereocenters. The van der Waals surface area contributed by atoms with Crippen LogP contribution in [0.1, 0.15) is 17.0 Å². The summed E-state index contributed by atoms with van der Waals surface area (Å²) >= 11 is 5.40. The van der Waals surface area contributed by atoms with E-state index >= 15 is 0 Å². The lowest BCUT2D eigenvalue weighted by Crippen LogP contribution is -2.41. The number of aromatic nitrogens is 2. The summed E-state index contributed by atoms with van der Waals surface area (Å²) in [6.07, 6.45) is 3.60. The van der Waals surface area contributed by atoms with E-state index < -0.39 is 0 Å². The topological polar surface area (TPSA) is 101 Å². The third-order valence-electron chi connectivity index (χ3n) is 5.04. The Morgan fingerprint density at radius 1 is 1.12 bits per heavy atom. The van der Waals surface area contributed by atoms with Crippen molar-refractivity contribution in [2.24, 2.45) is 4.99 Å². The van der Waals surface area contributed by atoms with Crippen molar-refractivity contribution >= 4 is 40.4 Å². The fourth-order valence-electron chi connectivity index (χ4n) is 3.33. The van der Waals surface area contributed by atoms with Crippen LogP contribution >= 0.6 is 12.2 Å². The lowest BCUT2D eigenvalue weighted by molar-refractivity contribution is 0.0682. The summed E-state index contributed by atoms with van der Waals surface area (Å²) < 4.78 is 5.46. The number of hydrogen-bond donors (Lipinski definition) is 4. The number of aliphatic imine (C=N–C) groups is 1. The molecule has 1 fully saturated rings. The number of thiocarbonyl (C=S) groups is 1. The van der Waals surface area contributed by atoms with E-state index in [1.807, 2.05) is 61.7 Å². The molecule has 1 aromatic carbocycles. The van der Waals surface area contributed by atoms with Gasteiger partial charge in [-0.05, 0) is 67.7 Å². The molecule has 32 heavy (non-hydrogen) atoms. The molecule has 0 aliphatic carbocycles. The van der Waals surface area contributed by atoms with Gasteiger partial charge in [0.25, 0.3) is 0 Å². The zero-order chi connectivity index (χ0) is 22.3. The molecule has 0 bridgehead atoms. The first-order valence-corrected chi connectivity index (χ1v) is 10.7. The zero-order valence-corrected chi connectivity index (χ0v) is 18.6. The van der Waals surface area contributed by atoms with E-state index in [9.17, 15) is 0 Å². The molecule has 4 rings (SSSR count). The maximum Gasteiger partial charge on any atom is 0.175 e. The van der Waals surface area contributed by atoms with Crippen LogP contribution < -0.4 is 10.6 Å². The predicted molar refractivity (Wildman–Crippen MR) is 132 cm³/mol. The number of hydrogen-bond acceptors (Lipinski definition) is 4. The monoisotopic (exact) mass is 447 g/mol. The first-order valence-electron chi connectivity index (χ1n) is 10.3. The average Bonchev–Trinajstić information content (AvgIpc) is 3.34. The fourth-order valence-corrected chi connectivity index (χ4v) is 3.56. The van der Waals surface area contributed by atoms with Crippen LogP contribution in [-0.2, 0) is 4.74 Å². The number of nitrogens with one attached hydrogen (secondary N) is 4. The number of benzene rings is 1. The number of ether oxygens (including phenoxy) is 1. The molecule has 2 aromatic heterocycles. The molecule has 0 amide bonds. The zero-order valence-electron chi connectivity index (χ0n) is 17.8. The molecule has 3 heterocycles. The van der Waals surface area contributed by atoms with Gasteiger partial charge in [-0.2, -0.15) is 0 Å². The summed E-state index contributed by atoms with van der Waals surface area (Å²) in [5.41, 5.74) is 4.16. The van der Waals surface area contributed by atoms with Crippen LogP contribution in [0.15, 0.2) is 65.9 Å². The van der Waals surface area contributed by atoms with E-state index in [-0.39, 0.29) is 5.84 Å². The number of nitrogens with zero attached hydrogens (tertiary/aromatic N) is 3. The van der Waals surface area contributed by atoms with Gasteiger partial charge in [0.05, 0.1) is 30.3 Å². The minimum Gasteiger partial charge on any atom is -0.378 e. The summed E-state index contributed by atoms with van der Waals surface area (Å²) in [7, 11) is 0. The fraction of sp³-hybridized carbons (Fsp3) is 0.217. The normalized spacial score (nSPS) is 14.2. The van der Waals surface area contributed by atoms with Gasteiger partial charge in [0.15, 0.2) is 16.8 Å². The molecule has 8 nitrogen and oxygen atoms in total. The van der Waals surface area contributed by atoms with Crippen LogP contribution in [0.2, 0.25) is 0 Å². The number of rotatable bonds is 4. The number of amidine groups is 2. The molecular weight excluding hydrogens is 422 g/mol. The Hall–Kier alpha value is -3.56. The summed E-state index contributed by atoms with van der Waals surface area (Å²) in [6.45, 7) is 4.72. The van der Waals surface area contributed by atoms with Crippen LogP contribution in [0.4, 0.5) is 11.4 Å². The molecule has 0 saturated carbocycles. The highest BCUT2D eigenvalue weighted by molar-refractivity contribution is 7.80. The van der Waals surface area contributed by atoms with Gasteiger partial charge in [-0.25, -0.2) is 4.99 Å². The van der Waals surface area contributed by atoms with Crippen LogP contribution in [-0.4, -0.2) is 58.0 Å². The van der Waals surface area contributed by atoms with Gasteiger partial charge in [0.1, 0.15) is 0 Å². The van der Waals surface area contributed by atoms with Crippen LogP contribution in [0.25, 0.3) is 0 Å². The molecule has 0 atom stereocenters. The van der Waals surface area contributed by atoms with Crippen molar-refractivity contribution in [1.29, 1.82) is 5.41 Å². The summed E-state index contributed by atoms with van der Waals surface area (Å²) in [4.78, 5) is 14.2. The molecule has 1 aliphatic rings.